The van der Waals surface area contributed by atoms with E-state index in [1.165, 1.54) is 6.07 Å². The Morgan fingerprint density at radius 3 is 2.53 bits per heavy atom. The summed E-state index contributed by atoms with van der Waals surface area (Å²) in [6, 6.07) is 6.14. The summed E-state index contributed by atoms with van der Waals surface area (Å²) in [5.41, 5.74) is 7.75. The first-order valence-electron chi connectivity index (χ1n) is 12.4. The van der Waals surface area contributed by atoms with Gasteiger partial charge in [-0.3, -0.25) is 14.5 Å². The van der Waals surface area contributed by atoms with E-state index in [0.29, 0.717) is 12.1 Å². The van der Waals surface area contributed by atoms with Gasteiger partial charge in [-0.05, 0) is 75.6 Å². The Kier molecular flexibility index (Phi) is 6.14. The molecule has 4 atom stereocenters. The summed E-state index contributed by atoms with van der Waals surface area (Å²) in [7, 11) is 5.12. The monoisotopic (exact) mass is 524 g/mol. The van der Waals surface area contributed by atoms with Crippen LogP contribution in [0.25, 0.3) is 17.0 Å². The molecule has 0 bridgehead atoms. The van der Waals surface area contributed by atoms with E-state index in [1.54, 1.807) is 25.1 Å². The van der Waals surface area contributed by atoms with Crippen molar-refractivity contribution in [2.24, 2.45) is 23.5 Å². The molecule has 38 heavy (non-hydrogen) atoms. The lowest BCUT2D eigenvalue weighted by Crippen LogP contribution is -2.62. The fourth-order valence-electron chi connectivity index (χ4n) is 6.70. The van der Waals surface area contributed by atoms with Gasteiger partial charge in [0.15, 0.2) is 5.78 Å². The number of aromatic nitrogens is 1. The van der Waals surface area contributed by atoms with Crippen LogP contribution < -0.4 is 11.1 Å². The number of aromatic amines is 1. The molecule has 1 fully saturated rings. The van der Waals surface area contributed by atoms with Gasteiger partial charge < -0.3 is 41.6 Å². The molecular weight excluding hydrogens is 492 g/mol. The van der Waals surface area contributed by atoms with Gasteiger partial charge in [-0.1, -0.05) is 0 Å². The highest BCUT2D eigenvalue weighted by atomic mass is 16.5. The zero-order chi connectivity index (χ0) is 27.7. The number of nitrogens with one attached hydrogen (secondary N) is 2. The van der Waals surface area contributed by atoms with E-state index >= 15 is 0 Å². The lowest BCUT2D eigenvalue weighted by molar-refractivity contribution is -0.203. The summed E-state index contributed by atoms with van der Waals surface area (Å²) in [5, 5.41) is 58.2. The molecule has 11 nitrogen and oxygen atoms in total. The van der Waals surface area contributed by atoms with E-state index < -0.39 is 58.4 Å². The van der Waals surface area contributed by atoms with Gasteiger partial charge in [0, 0.05) is 29.1 Å². The van der Waals surface area contributed by atoms with Crippen LogP contribution in [0.5, 0.6) is 5.75 Å². The third-order valence-electron chi connectivity index (χ3n) is 8.12. The van der Waals surface area contributed by atoms with Crippen molar-refractivity contribution in [3.63, 3.8) is 0 Å². The van der Waals surface area contributed by atoms with Crippen molar-refractivity contribution >= 4 is 17.4 Å². The number of likely N-dealkylation sites (N-methyl/N-ethyl adjacent to an activating group) is 1. The summed E-state index contributed by atoms with van der Waals surface area (Å²) >= 11 is 0. The predicted molar refractivity (Wildman–Crippen MR) is 137 cm³/mol. The third-order valence-corrected chi connectivity index (χ3v) is 8.12. The van der Waals surface area contributed by atoms with E-state index in [0.717, 1.165) is 17.0 Å². The van der Waals surface area contributed by atoms with Crippen molar-refractivity contribution in [2.45, 2.75) is 31.2 Å². The van der Waals surface area contributed by atoms with Crippen LogP contribution in [0.4, 0.5) is 0 Å². The number of nitrogens with two attached hydrogens (primary N) is 1. The summed E-state index contributed by atoms with van der Waals surface area (Å²) in [6.45, 7) is 0.621. The van der Waals surface area contributed by atoms with Crippen molar-refractivity contribution in [1.82, 2.24) is 15.2 Å². The minimum Gasteiger partial charge on any atom is -0.510 e. The number of ketones is 1. The topological polar surface area (TPSA) is 192 Å². The summed E-state index contributed by atoms with van der Waals surface area (Å²) in [5.74, 6) is -9.20. The maximum Gasteiger partial charge on any atom is 0.253 e. The normalized spacial score (nSPS) is 26.3. The highest BCUT2D eigenvalue weighted by Gasteiger charge is 2.62. The molecule has 0 saturated heterocycles. The van der Waals surface area contributed by atoms with Gasteiger partial charge in [0.05, 0.1) is 17.5 Å². The van der Waals surface area contributed by atoms with E-state index in [1.807, 2.05) is 19.2 Å². The number of aliphatic hydroxyl groups excluding tert-OH is 2. The zero-order valence-electron chi connectivity index (χ0n) is 21.3. The van der Waals surface area contributed by atoms with Gasteiger partial charge in [0.1, 0.15) is 22.8 Å². The number of phenolic OH excluding ortho intramolecular Hbond substituents is 1. The maximum absolute atomic E-state index is 13.9. The predicted octanol–water partition coefficient (Wildman–Crippen LogP) is 0.675. The average molecular weight is 525 g/mol. The second-order valence-corrected chi connectivity index (χ2v) is 10.6. The molecule has 0 aliphatic heterocycles. The van der Waals surface area contributed by atoms with Gasteiger partial charge in [-0.2, -0.15) is 0 Å². The quantitative estimate of drug-likeness (QED) is 0.260. The number of carbonyl (C=O) groups excluding carboxylic acids is 2. The van der Waals surface area contributed by atoms with E-state index in [9.17, 15) is 35.1 Å². The fourth-order valence-corrected chi connectivity index (χ4v) is 6.70. The second-order valence-electron chi connectivity index (χ2n) is 10.6. The van der Waals surface area contributed by atoms with Gasteiger partial charge in [-0.25, -0.2) is 0 Å². The Bertz CT molecular complexity index is 1400. The summed E-state index contributed by atoms with van der Waals surface area (Å²) in [4.78, 5) is 31.0. The van der Waals surface area contributed by atoms with Crippen LogP contribution in [0.2, 0.25) is 0 Å². The Hall–Kier alpha value is -3.64. The second kappa shape index (κ2) is 8.98. The third kappa shape index (κ3) is 3.65. The van der Waals surface area contributed by atoms with Crippen LogP contribution in [0.1, 0.15) is 23.2 Å². The highest BCUT2D eigenvalue weighted by molar-refractivity contribution is 6.08. The van der Waals surface area contributed by atoms with Crippen LogP contribution in [0.15, 0.2) is 41.2 Å². The van der Waals surface area contributed by atoms with E-state index in [4.69, 9.17) is 5.73 Å². The number of aromatic hydroxyl groups is 1. The van der Waals surface area contributed by atoms with Crippen molar-refractivity contribution in [3.05, 3.63) is 58.0 Å². The van der Waals surface area contributed by atoms with Crippen LogP contribution >= 0.6 is 0 Å². The van der Waals surface area contributed by atoms with Crippen molar-refractivity contribution in [1.29, 1.82) is 0 Å². The first-order valence-corrected chi connectivity index (χ1v) is 12.4. The Morgan fingerprint density at radius 1 is 1.18 bits per heavy atom. The van der Waals surface area contributed by atoms with Crippen LogP contribution in [0, 0.1) is 17.8 Å². The Balaban J connectivity index is 1.67. The van der Waals surface area contributed by atoms with Gasteiger partial charge in [-0.15, -0.1) is 0 Å². The fraction of sp³-hybridized carbons (Fsp3) is 0.407. The average Bonchev–Trinajstić information content (AvgIpc) is 3.26. The minimum absolute atomic E-state index is 0.0382. The SMILES string of the molecule is CNCc1ccc(-c2ccc(O)c3c2CC2C[C@@H]4C(C(=O)C2=C3O)C(O)(O)C(C(N)=O)=C(O)[C@H]4N(C)C)[nH]1. The molecule has 1 heterocycles. The van der Waals surface area contributed by atoms with Gasteiger partial charge in [0.2, 0.25) is 5.79 Å². The molecule has 0 radical (unpaired) electrons. The number of Topliss-reactive ketones (excluding diaryl/α,β-unsaturated/α-hetero) is 1. The number of phenols is 1. The number of nitrogens with zero attached hydrogens (tertiary/aromatic N) is 1. The first kappa shape index (κ1) is 26.0. The van der Waals surface area contributed by atoms with E-state index in [2.05, 4.69) is 10.3 Å². The number of H-pyrrole nitrogens is 1. The van der Waals surface area contributed by atoms with Crippen LogP contribution in [-0.4, -0.2) is 80.1 Å². The molecular formula is C27H32N4O7. The van der Waals surface area contributed by atoms with Gasteiger partial charge >= 0.3 is 0 Å². The summed E-state index contributed by atoms with van der Waals surface area (Å²) in [6.07, 6.45) is 0.479. The summed E-state index contributed by atoms with van der Waals surface area (Å²) < 4.78 is 0. The molecule has 3 aliphatic carbocycles. The lowest BCUT2D eigenvalue weighted by atomic mass is 9.57. The number of hydrogen-bond acceptors (Lipinski definition) is 9. The van der Waals surface area contributed by atoms with Gasteiger partial charge in [0.25, 0.3) is 5.91 Å². The number of primary amides is 1. The molecule has 3 aliphatic rings. The molecule has 9 N–H and O–H groups in total. The first-order chi connectivity index (χ1) is 17.9. The standard InChI is InChI=1S/C27H32N4O7/c1-29-10-12-4-6-16(30-12)13-5-7-17(32)19-14(13)8-11-9-15-20(24(34)18(11)23(19)33)27(37,38)21(26(28)36)25(35)22(15)31(2)3/h4-7,11,15,20,22,29-30,32-33,35,37-38H,8-10H2,1-3H3,(H2,28,36)/t11?,15-,20?,22+/m1/s1. The van der Waals surface area contributed by atoms with Crippen molar-refractivity contribution in [3.8, 4) is 17.0 Å². The Morgan fingerprint density at radius 2 is 1.89 bits per heavy atom. The van der Waals surface area contributed by atoms with E-state index in [-0.39, 0.29) is 29.7 Å². The molecule has 1 amide bonds. The number of aliphatic hydroxyl groups is 4. The molecule has 2 unspecified atom stereocenters. The molecule has 2 aromatic rings. The number of hydrogen-bond donors (Lipinski definition) is 8. The van der Waals surface area contributed by atoms with Crippen LogP contribution in [-0.2, 0) is 22.6 Å². The molecule has 1 aromatic carbocycles. The zero-order valence-corrected chi connectivity index (χ0v) is 21.3. The smallest absolute Gasteiger partial charge is 0.253 e. The number of allylic oxidation sites excluding steroid dienone is 1. The molecule has 202 valence electrons. The maximum atomic E-state index is 13.9. The molecule has 5 rings (SSSR count). The molecule has 11 heteroatoms. The largest absolute Gasteiger partial charge is 0.510 e. The van der Waals surface area contributed by atoms with Crippen molar-refractivity contribution in [2.75, 3.05) is 21.1 Å². The molecule has 1 saturated carbocycles. The number of amides is 1. The number of carbonyl (C=O) groups is 2. The number of rotatable bonds is 5. The Labute approximate surface area is 218 Å². The number of fused-ring (bicyclic) bond motifs is 3. The molecule has 0 spiro atoms. The number of benzene rings is 1. The highest BCUT2D eigenvalue weighted by Crippen LogP contribution is 2.54. The lowest BCUT2D eigenvalue weighted by Gasteiger charge is -2.51. The minimum atomic E-state index is -3.04. The molecule has 1 aromatic heterocycles. The van der Waals surface area contributed by atoms with Crippen LogP contribution in [0.3, 0.4) is 0 Å². The van der Waals surface area contributed by atoms with Crippen molar-refractivity contribution < 1.29 is 35.1 Å².